The van der Waals surface area contributed by atoms with Crippen LogP contribution in [-0.2, 0) is 0 Å². The summed E-state index contributed by atoms with van der Waals surface area (Å²) in [4.78, 5) is 15.0. The van der Waals surface area contributed by atoms with Crippen LogP contribution in [0.5, 0.6) is 5.75 Å². The molecule has 3 rings (SSSR count). The molecule has 0 spiro atoms. The molecule has 2 aromatic rings. The minimum atomic E-state index is -0.393. The van der Waals surface area contributed by atoms with Crippen LogP contribution in [-0.4, -0.2) is 16.5 Å². The highest BCUT2D eigenvalue weighted by Gasteiger charge is 2.25. The first-order chi connectivity index (χ1) is 10.2. The molecule has 6 heteroatoms. The average molecular weight is 285 g/mol. The van der Waals surface area contributed by atoms with Gasteiger partial charge in [0.2, 0.25) is 5.82 Å². The Balaban J connectivity index is 1.96. The molecule has 0 radical (unpaired) electrons. The van der Waals surface area contributed by atoms with Crippen LogP contribution >= 0.6 is 0 Å². The molecule has 1 aromatic carbocycles. The van der Waals surface area contributed by atoms with E-state index in [9.17, 15) is 10.1 Å². The zero-order valence-corrected chi connectivity index (χ0v) is 11.6. The molecule has 1 aliphatic heterocycles. The maximum absolute atomic E-state index is 11.2. The fraction of sp³-hybridized carbons (Fsp3) is 0.267. The maximum Gasteiger partial charge on any atom is 0.314 e. The Morgan fingerprint density at radius 3 is 3.00 bits per heavy atom. The number of anilines is 1. The number of nitro groups is 1. The van der Waals surface area contributed by atoms with E-state index in [4.69, 9.17) is 4.74 Å². The molecule has 0 bridgehead atoms. The largest absolute Gasteiger partial charge is 0.493 e. The van der Waals surface area contributed by atoms with E-state index in [0.29, 0.717) is 18.0 Å². The molecule has 6 nitrogen and oxygen atoms in total. The van der Waals surface area contributed by atoms with Gasteiger partial charge in [0.05, 0.1) is 17.6 Å². The van der Waals surface area contributed by atoms with Gasteiger partial charge in [-0.2, -0.15) is 0 Å². The first-order valence-electron chi connectivity index (χ1n) is 6.75. The summed E-state index contributed by atoms with van der Waals surface area (Å²) < 4.78 is 5.60. The third-order valence-corrected chi connectivity index (χ3v) is 3.58. The first-order valence-corrected chi connectivity index (χ1v) is 6.75. The van der Waals surface area contributed by atoms with Gasteiger partial charge in [-0.05, 0) is 19.1 Å². The fourth-order valence-electron chi connectivity index (χ4n) is 2.54. The summed E-state index contributed by atoms with van der Waals surface area (Å²) in [5.74, 6) is 1.12. The summed E-state index contributed by atoms with van der Waals surface area (Å²) in [6.07, 6.45) is 2.32. The molecule has 1 N–H and O–H groups in total. The molecule has 1 atom stereocenters. The minimum Gasteiger partial charge on any atom is -0.493 e. The minimum absolute atomic E-state index is 0.0291. The van der Waals surface area contributed by atoms with Gasteiger partial charge in [-0.1, -0.05) is 18.2 Å². The maximum atomic E-state index is 11.2. The molecular formula is C15H15N3O3. The predicted octanol–water partition coefficient (Wildman–Crippen LogP) is 3.23. The number of nitrogens with zero attached hydrogens (tertiary/aromatic N) is 2. The van der Waals surface area contributed by atoms with E-state index >= 15 is 0 Å². The van der Waals surface area contributed by atoms with Crippen LogP contribution in [0.3, 0.4) is 0 Å². The highest BCUT2D eigenvalue weighted by molar-refractivity contribution is 5.61. The van der Waals surface area contributed by atoms with Gasteiger partial charge in [-0.3, -0.25) is 10.1 Å². The summed E-state index contributed by atoms with van der Waals surface area (Å²) in [6.45, 7) is 2.29. The van der Waals surface area contributed by atoms with Crippen molar-refractivity contribution >= 4 is 11.5 Å². The van der Waals surface area contributed by atoms with Gasteiger partial charge in [-0.15, -0.1) is 0 Å². The van der Waals surface area contributed by atoms with Crippen molar-refractivity contribution < 1.29 is 9.66 Å². The second-order valence-electron chi connectivity index (χ2n) is 4.95. The van der Waals surface area contributed by atoms with E-state index in [1.54, 1.807) is 19.2 Å². The molecule has 21 heavy (non-hydrogen) atoms. The number of hydrogen-bond donors (Lipinski definition) is 1. The van der Waals surface area contributed by atoms with Crippen LogP contribution in [0.2, 0.25) is 0 Å². The highest BCUT2D eigenvalue weighted by Crippen LogP contribution is 2.36. The second-order valence-corrected chi connectivity index (χ2v) is 4.95. The van der Waals surface area contributed by atoms with E-state index in [2.05, 4.69) is 10.3 Å². The summed E-state index contributed by atoms with van der Waals surface area (Å²) in [5, 5.41) is 14.4. The molecule has 108 valence electrons. The Kier molecular flexibility index (Phi) is 3.43. The van der Waals surface area contributed by atoms with Gasteiger partial charge in [-0.25, -0.2) is 4.98 Å². The number of pyridine rings is 1. The van der Waals surface area contributed by atoms with Crippen molar-refractivity contribution in [3.63, 3.8) is 0 Å². The lowest BCUT2D eigenvalue weighted by Gasteiger charge is -2.26. The van der Waals surface area contributed by atoms with E-state index < -0.39 is 4.92 Å². The smallest absolute Gasteiger partial charge is 0.314 e. The van der Waals surface area contributed by atoms with Crippen molar-refractivity contribution in [3.05, 3.63) is 57.8 Å². The molecule has 0 saturated heterocycles. The molecular weight excluding hydrogens is 270 g/mol. The molecule has 0 fully saturated rings. The van der Waals surface area contributed by atoms with Crippen molar-refractivity contribution in [1.82, 2.24) is 4.98 Å². The van der Waals surface area contributed by atoms with Crippen LogP contribution in [0.15, 0.2) is 36.5 Å². The molecule has 0 saturated carbocycles. The summed E-state index contributed by atoms with van der Waals surface area (Å²) in [6, 6.07) is 9.31. The lowest BCUT2D eigenvalue weighted by atomic mass is 10.0. The second kappa shape index (κ2) is 5.40. The number of para-hydroxylation sites is 1. The number of ether oxygens (including phenoxy) is 1. The molecule has 1 aromatic heterocycles. The van der Waals surface area contributed by atoms with Crippen molar-refractivity contribution in [2.45, 2.75) is 19.4 Å². The van der Waals surface area contributed by atoms with Crippen molar-refractivity contribution in [3.8, 4) is 5.75 Å². The SMILES string of the molecule is Cc1ccnc(NC2CCOc3ccccc32)c1[N+](=O)[O-]. The fourth-order valence-corrected chi connectivity index (χ4v) is 2.54. The number of nitrogens with one attached hydrogen (secondary N) is 1. The van der Waals surface area contributed by atoms with Gasteiger partial charge in [0, 0.05) is 23.7 Å². The number of aryl methyl sites for hydroxylation is 1. The lowest BCUT2D eigenvalue weighted by molar-refractivity contribution is -0.384. The third-order valence-electron chi connectivity index (χ3n) is 3.58. The van der Waals surface area contributed by atoms with Crippen LogP contribution in [0.25, 0.3) is 0 Å². The summed E-state index contributed by atoms with van der Waals surface area (Å²) in [7, 11) is 0. The van der Waals surface area contributed by atoms with Gasteiger partial charge in [0.25, 0.3) is 0 Å². The number of benzene rings is 1. The molecule has 1 aliphatic rings. The average Bonchev–Trinajstić information content (AvgIpc) is 2.47. The number of aromatic nitrogens is 1. The monoisotopic (exact) mass is 285 g/mol. The zero-order chi connectivity index (χ0) is 14.8. The van der Waals surface area contributed by atoms with Crippen molar-refractivity contribution in [2.24, 2.45) is 0 Å². The third kappa shape index (κ3) is 2.52. The Morgan fingerprint density at radius 1 is 1.38 bits per heavy atom. The van der Waals surface area contributed by atoms with Crippen LogP contribution in [0.1, 0.15) is 23.6 Å². The highest BCUT2D eigenvalue weighted by atomic mass is 16.6. The quantitative estimate of drug-likeness (QED) is 0.692. The molecule has 1 unspecified atom stereocenters. The molecule has 2 heterocycles. The topological polar surface area (TPSA) is 77.3 Å². The predicted molar refractivity (Wildman–Crippen MR) is 78.5 cm³/mol. The lowest BCUT2D eigenvalue weighted by Crippen LogP contribution is -2.21. The van der Waals surface area contributed by atoms with Crippen molar-refractivity contribution in [2.75, 3.05) is 11.9 Å². The van der Waals surface area contributed by atoms with Gasteiger partial charge in [0.15, 0.2) is 0 Å². The number of fused-ring (bicyclic) bond motifs is 1. The Labute approximate surface area is 121 Å². The summed E-state index contributed by atoms with van der Waals surface area (Å²) in [5.41, 5.74) is 1.63. The first kappa shape index (κ1) is 13.4. The van der Waals surface area contributed by atoms with Gasteiger partial charge < -0.3 is 10.1 Å². The standard InChI is InChI=1S/C15H15N3O3/c1-10-6-8-16-15(14(10)18(19)20)17-12-7-9-21-13-5-3-2-4-11(12)13/h2-6,8,12H,7,9H2,1H3,(H,16,17). The van der Waals surface area contributed by atoms with Crippen LogP contribution < -0.4 is 10.1 Å². The van der Waals surface area contributed by atoms with Gasteiger partial charge >= 0.3 is 5.69 Å². The zero-order valence-electron chi connectivity index (χ0n) is 11.6. The van der Waals surface area contributed by atoms with Crippen LogP contribution in [0, 0.1) is 17.0 Å². The number of hydrogen-bond acceptors (Lipinski definition) is 5. The van der Waals surface area contributed by atoms with Crippen LogP contribution in [0.4, 0.5) is 11.5 Å². The van der Waals surface area contributed by atoms with E-state index in [1.807, 2.05) is 24.3 Å². The Hall–Kier alpha value is -2.63. The van der Waals surface area contributed by atoms with Gasteiger partial charge in [0.1, 0.15) is 5.75 Å². The molecule has 0 aliphatic carbocycles. The number of rotatable bonds is 3. The Bertz CT molecular complexity index is 688. The van der Waals surface area contributed by atoms with E-state index in [-0.39, 0.29) is 11.7 Å². The van der Waals surface area contributed by atoms with E-state index in [1.165, 1.54) is 0 Å². The van der Waals surface area contributed by atoms with Crippen molar-refractivity contribution in [1.29, 1.82) is 0 Å². The van der Waals surface area contributed by atoms with E-state index in [0.717, 1.165) is 17.7 Å². The summed E-state index contributed by atoms with van der Waals surface area (Å²) >= 11 is 0. The normalized spacial score (nSPS) is 16.7. The molecule has 0 amide bonds. The Morgan fingerprint density at radius 2 is 2.19 bits per heavy atom.